The number of anilines is 1. The maximum absolute atomic E-state index is 6.49. The molecule has 0 amide bonds. The molecule has 3 atom stereocenters. The first-order chi connectivity index (χ1) is 11.2. The molecule has 4 rings (SSSR count). The Balaban J connectivity index is 1.77. The van der Waals surface area contributed by atoms with Crippen molar-refractivity contribution in [2.45, 2.75) is 25.2 Å². The molecule has 0 saturated carbocycles. The zero-order valence-electron chi connectivity index (χ0n) is 12.5. The highest BCUT2D eigenvalue weighted by atomic mass is 35.5. The third-order valence-corrected chi connectivity index (χ3v) is 4.98. The molecule has 120 valence electrons. The SMILES string of the molecule is Clc1cc(Cl)c2c(c1)O[C@@H]1OCCC[C@@H]1[C@H]2Nc1ccccc1. The van der Waals surface area contributed by atoms with Crippen molar-refractivity contribution in [1.29, 1.82) is 0 Å². The maximum Gasteiger partial charge on any atom is 0.205 e. The first kappa shape index (κ1) is 15.1. The first-order valence-electron chi connectivity index (χ1n) is 7.81. The molecule has 0 aliphatic carbocycles. The minimum Gasteiger partial charge on any atom is -0.464 e. The lowest BCUT2D eigenvalue weighted by Crippen LogP contribution is -2.43. The summed E-state index contributed by atoms with van der Waals surface area (Å²) in [6, 6.07) is 13.8. The molecule has 0 bridgehead atoms. The van der Waals surface area contributed by atoms with Crippen LogP contribution < -0.4 is 10.1 Å². The van der Waals surface area contributed by atoms with E-state index in [1.807, 2.05) is 24.3 Å². The zero-order valence-corrected chi connectivity index (χ0v) is 14.0. The summed E-state index contributed by atoms with van der Waals surface area (Å²) in [6.07, 6.45) is 1.80. The molecule has 5 heteroatoms. The van der Waals surface area contributed by atoms with Crippen LogP contribution >= 0.6 is 23.2 Å². The van der Waals surface area contributed by atoms with E-state index in [4.69, 9.17) is 32.7 Å². The van der Waals surface area contributed by atoms with E-state index in [0.717, 1.165) is 30.7 Å². The zero-order chi connectivity index (χ0) is 15.8. The second-order valence-corrected chi connectivity index (χ2v) is 6.79. The topological polar surface area (TPSA) is 30.5 Å². The summed E-state index contributed by atoms with van der Waals surface area (Å²) in [4.78, 5) is 0. The van der Waals surface area contributed by atoms with E-state index < -0.39 is 0 Å². The molecule has 0 spiro atoms. The molecule has 2 aliphatic heterocycles. The highest BCUT2D eigenvalue weighted by molar-refractivity contribution is 6.35. The third-order valence-electron chi connectivity index (χ3n) is 4.45. The Morgan fingerprint density at radius 1 is 1.09 bits per heavy atom. The summed E-state index contributed by atoms with van der Waals surface area (Å²) < 4.78 is 11.9. The minimum absolute atomic E-state index is 0.0382. The summed E-state index contributed by atoms with van der Waals surface area (Å²) in [5.41, 5.74) is 2.02. The van der Waals surface area contributed by atoms with Crippen LogP contribution in [0.2, 0.25) is 10.0 Å². The normalized spacial score (nSPS) is 25.9. The second-order valence-electron chi connectivity index (χ2n) is 5.95. The summed E-state index contributed by atoms with van der Waals surface area (Å²) in [7, 11) is 0. The van der Waals surface area contributed by atoms with Gasteiger partial charge in [0.1, 0.15) is 5.75 Å². The van der Waals surface area contributed by atoms with Crippen molar-refractivity contribution in [2.75, 3.05) is 11.9 Å². The van der Waals surface area contributed by atoms with Crippen LogP contribution in [-0.4, -0.2) is 12.9 Å². The van der Waals surface area contributed by atoms with E-state index in [2.05, 4.69) is 17.4 Å². The van der Waals surface area contributed by atoms with Crippen LogP contribution in [-0.2, 0) is 4.74 Å². The van der Waals surface area contributed by atoms with Gasteiger partial charge in [0.15, 0.2) is 0 Å². The lowest BCUT2D eigenvalue weighted by molar-refractivity contribution is -0.154. The lowest BCUT2D eigenvalue weighted by atomic mass is 9.84. The van der Waals surface area contributed by atoms with Crippen LogP contribution in [0.4, 0.5) is 5.69 Å². The van der Waals surface area contributed by atoms with E-state index in [1.165, 1.54) is 0 Å². The van der Waals surface area contributed by atoms with Crippen LogP contribution in [0.25, 0.3) is 0 Å². The Hall–Kier alpha value is -1.42. The smallest absolute Gasteiger partial charge is 0.205 e. The summed E-state index contributed by atoms with van der Waals surface area (Å²) in [6.45, 7) is 0.725. The number of hydrogen-bond donors (Lipinski definition) is 1. The quantitative estimate of drug-likeness (QED) is 0.798. The molecule has 0 aromatic heterocycles. The molecule has 1 N–H and O–H groups in total. The molecule has 0 unspecified atom stereocenters. The molecule has 1 fully saturated rings. The van der Waals surface area contributed by atoms with Crippen LogP contribution in [0, 0.1) is 5.92 Å². The predicted octanol–water partition coefficient (Wildman–Crippen LogP) is 5.29. The van der Waals surface area contributed by atoms with Gasteiger partial charge in [-0.2, -0.15) is 0 Å². The van der Waals surface area contributed by atoms with Gasteiger partial charge in [-0.25, -0.2) is 0 Å². The third kappa shape index (κ3) is 2.89. The van der Waals surface area contributed by atoms with Gasteiger partial charge in [0.25, 0.3) is 0 Å². The Labute approximate surface area is 145 Å². The monoisotopic (exact) mass is 349 g/mol. The van der Waals surface area contributed by atoms with Crippen molar-refractivity contribution in [2.24, 2.45) is 5.92 Å². The molecule has 23 heavy (non-hydrogen) atoms. The highest BCUT2D eigenvalue weighted by Crippen LogP contribution is 2.48. The molecule has 2 aromatic rings. The molecule has 2 aliphatic rings. The molecule has 0 radical (unpaired) electrons. The van der Waals surface area contributed by atoms with Gasteiger partial charge in [-0.05, 0) is 37.1 Å². The van der Waals surface area contributed by atoms with E-state index in [0.29, 0.717) is 15.8 Å². The number of halogens is 2. The Kier molecular flexibility index (Phi) is 4.10. The molecule has 2 aromatic carbocycles. The van der Waals surface area contributed by atoms with Gasteiger partial charge in [0.05, 0.1) is 17.7 Å². The number of benzene rings is 2. The van der Waals surface area contributed by atoms with Crippen molar-refractivity contribution in [1.82, 2.24) is 0 Å². The molecule has 2 heterocycles. The van der Waals surface area contributed by atoms with Gasteiger partial charge in [0, 0.05) is 22.2 Å². The molecule has 3 nitrogen and oxygen atoms in total. The first-order valence-corrected chi connectivity index (χ1v) is 8.57. The van der Waals surface area contributed by atoms with Crippen molar-refractivity contribution in [3.8, 4) is 5.75 Å². The predicted molar refractivity (Wildman–Crippen MR) is 92.4 cm³/mol. The van der Waals surface area contributed by atoms with Crippen molar-refractivity contribution < 1.29 is 9.47 Å². The van der Waals surface area contributed by atoms with E-state index in [9.17, 15) is 0 Å². The second kappa shape index (κ2) is 6.23. The average Bonchev–Trinajstić information content (AvgIpc) is 2.55. The fourth-order valence-corrected chi connectivity index (χ4v) is 4.01. The van der Waals surface area contributed by atoms with Crippen LogP contribution in [0.15, 0.2) is 42.5 Å². The van der Waals surface area contributed by atoms with Gasteiger partial charge >= 0.3 is 0 Å². The lowest BCUT2D eigenvalue weighted by Gasteiger charge is -2.42. The number of nitrogens with one attached hydrogen (secondary N) is 1. The average molecular weight is 350 g/mol. The van der Waals surface area contributed by atoms with Crippen LogP contribution in [0.5, 0.6) is 5.75 Å². The Morgan fingerprint density at radius 3 is 2.74 bits per heavy atom. The van der Waals surface area contributed by atoms with Gasteiger partial charge < -0.3 is 14.8 Å². The highest BCUT2D eigenvalue weighted by Gasteiger charge is 2.42. The Morgan fingerprint density at radius 2 is 1.91 bits per heavy atom. The van der Waals surface area contributed by atoms with Gasteiger partial charge in [-0.15, -0.1) is 0 Å². The van der Waals surface area contributed by atoms with Crippen LogP contribution in [0.3, 0.4) is 0 Å². The van der Waals surface area contributed by atoms with Crippen LogP contribution in [0.1, 0.15) is 24.4 Å². The summed E-state index contributed by atoms with van der Waals surface area (Å²) in [5.74, 6) is 0.925. The molecule has 1 saturated heterocycles. The Bertz CT molecular complexity index is 708. The molecular weight excluding hydrogens is 333 g/mol. The van der Waals surface area contributed by atoms with Crippen molar-refractivity contribution in [3.63, 3.8) is 0 Å². The summed E-state index contributed by atoms with van der Waals surface area (Å²) in [5, 5.41) is 4.81. The van der Waals surface area contributed by atoms with E-state index in [-0.39, 0.29) is 18.2 Å². The standard InChI is InChI=1S/C18H17Cl2NO2/c19-11-9-14(20)16-15(10-11)23-18-13(7-4-8-22-18)17(16)21-12-5-2-1-3-6-12/h1-3,5-6,9-10,13,17-18,21H,4,7-8H2/t13-,17-,18+/m1/s1. The minimum atomic E-state index is -0.257. The number of para-hydroxylation sites is 1. The fraction of sp³-hybridized carbons (Fsp3) is 0.333. The van der Waals surface area contributed by atoms with Gasteiger partial charge in [0.2, 0.25) is 6.29 Å². The van der Waals surface area contributed by atoms with Gasteiger partial charge in [-0.1, -0.05) is 41.4 Å². The number of fused-ring (bicyclic) bond motifs is 2. The van der Waals surface area contributed by atoms with Gasteiger partial charge in [-0.3, -0.25) is 0 Å². The largest absolute Gasteiger partial charge is 0.464 e. The number of hydrogen-bond acceptors (Lipinski definition) is 3. The summed E-state index contributed by atoms with van der Waals surface area (Å²) >= 11 is 12.6. The van der Waals surface area contributed by atoms with Crippen molar-refractivity contribution in [3.05, 3.63) is 58.1 Å². The number of rotatable bonds is 2. The van der Waals surface area contributed by atoms with E-state index >= 15 is 0 Å². The van der Waals surface area contributed by atoms with E-state index in [1.54, 1.807) is 6.07 Å². The fourth-order valence-electron chi connectivity index (χ4n) is 3.42. The molecular formula is C18H17Cl2NO2. The maximum atomic E-state index is 6.49. The number of ether oxygens (including phenoxy) is 2. The van der Waals surface area contributed by atoms with Crippen molar-refractivity contribution >= 4 is 28.9 Å².